The Morgan fingerprint density at radius 1 is 0.931 bits per heavy atom. The Morgan fingerprint density at radius 2 is 1.55 bits per heavy atom. The van der Waals surface area contributed by atoms with Gasteiger partial charge in [0.2, 0.25) is 5.91 Å². The lowest BCUT2D eigenvalue weighted by Gasteiger charge is -2.32. The quantitative estimate of drug-likeness (QED) is 0.606. The molecule has 2 heterocycles. The summed E-state index contributed by atoms with van der Waals surface area (Å²) in [5, 5.41) is 0. The van der Waals surface area contributed by atoms with Gasteiger partial charge in [0.1, 0.15) is 11.9 Å². The number of carbonyl (C=O) groups excluding carboxylic acids is 1. The third-order valence-corrected chi connectivity index (χ3v) is 5.43. The topological polar surface area (TPSA) is 42.4 Å². The van der Waals surface area contributed by atoms with Crippen LogP contribution in [-0.4, -0.2) is 35.0 Å². The van der Waals surface area contributed by atoms with Gasteiger partial charge in [-0.15, -0.1) is 0 Å². The summed E-state index contributed by atoms with van der Waals surface area (Å²) >= 11 is 0. The Bertz CT molecular complexity index is 946. The van der Waals surface area contributed by atoms with Gasteiger partial charge in [0.15, 0.2) is 0 Å². The zero-order valence-electron chi connectivity index (χ0n) is 16.8. The molecule has 4 heteroatoms. The van der Waals surface area contributed by atoms with Gasteiger partial charge in [0.05, 0.1) is 0 Å². The van der Waals surface area contributed by atoms with E-state index in [0.29, 0.717) is 6.42 Å². The molecule has 0 unspecified atom stereocenters. The number of piperidine rings is 1. The van der Waals surface area contributed by atoms with E-state index in [9.17, 15) is 4.79 Å². The summed E-state index contributed by atoms with van der Waals surface area (Å²) < 4.78 is 6.15. The maximum atomic E-state index is 11.8. The van der Waals surface area contributed by atoms with Gasteiger partial charge in [-0.25, -0.2) is 0 Å². The fraction of sp³-hybridized carbons (Fsp3) is 0.280. The van der Waals surface area contributed by atoms with Gasteiger partial charge >= 0.3 is 0 Å². The molecule has 1 fully saturated rings. The summed E-state index contributed by atoms with van der Waals surface area (Å²) in [6.45, 7) is 3.48. The molecule has 1 aliphatic rings. The number of benzene rings is 2. The number of aromatic nitrogens is 1. The number of hydrogen-bond donors (Lipinski definition) is 0. The smallest absolute Gasteiger partial charge is 0.222 e. The molecule has 0 N–H and O–H groups in total. The Morgan fingerprint density at radius 3 is 2.17 bits per heavy atom. The van der Waals surface area contributed by atoms with Gasteiger partial charge in [0.25, 0.3) is 0 Å². The average Bonchev–Trinajstić information content (AvgIpc) is 2.80. The monoisotopic (exact) mass is 386 g/mol. The first-order valence-corrected chi connectivity index (χ1v) is 10.3. The second kappa shape index (κ2) is 8.91. The second-order valence-corrected chi connectivity index (χ2v) is 7.40. The summed E-state index contributed by atoms with van der Waals surface area (Å²) in [5.41, 5.74) is 4.47. The normalized spacial score (nSPS) is 14.6. The van der Waals surface area contributed by atoms with Crippen LogP contribution < -0.4 is 4.74 Å². The lowest BCUT2D eigenvalue weighted by atomic mass is 10.0. The molecule has 1 aromatic heterocycles. The second-order valence-electron chi connectivity index (χ2n) is 7.40. The molecule has 0 spiro atoms. The van der Waals surface area contributed by atoms with E-state index < -0.39 is 0 Å². The number of nitrogens with zero attached hydrogens (tertiary/aromatic N) is 2. The summed E-state index contributed by atoms with van der Waals surface area (Å²) in [4.78, 5) is 18.2. The Hall–Kier alpha value is -3.14. The summed E-state index contributed by atoms with van der Waals surface area (Å²) in [5.74, 6) is 1.11. The van der Waals surface area contributed by atoms with Crippen LogP contribution in [0.5, 0.6) is 5.75 Å². The molecule has 2 aromatic carbocycles. The van der Waals surface area contributed by atoms with E-state index in [1.165, 1.54) is 0 Å². The van der Waals surface area contributed by atoms with Gasteiger partial charge in [0, 0.05) is 55.9 Å². The first-order valence-electron chi connectivity index (χ1n) is 10.3. The fourth-order valence-electron chi connectivity index (χ4n) is 3.75. The lowest BCUT2D eigenvalue weighted by Crippen LogP contribution is -2.41. The predicted octanol–water partition coefficient (Wildman–Crippen LogP) is 5.20. The van der Waals surface area contributed by atoms with Crippen molar-refractivity contribution in [2.75, 3.05) is 13.1 Å². The molecule has 0 bridgehead atoms. The highest BCUT2D eigenvalue weighted by atomic mass is 16.5. The molecular weight excluding hydrogens is 360 g/mol. The van der Waals surface area contributed by atoms with Crippen molar-refractivity contribution in [2.24, 2.45) is 0 Å². The number of ether oxygens (including phenoxy) is 1. The van der Waals surface area contributed by atoms with Crippen molar-refractivity contribution < 1.29 is 9.53 Å². The zero-order valence-corrected chi connectivity index (χ0v) is 16.8. The fourth-order valence-corrected chi connectivity index (χ4v) is 3.75. The van der Waals surface area contributed by atoms with E-state index in [2.05, 4.69) is 35.3 Å². The molecule has 0 saturated carbocycles. The Labute approximate surface area is 172 Å². The summed E-state index contributed by atoms with van der Waals surface area (Å²) in [6, 6.07) is 20.7. The highest BCUT2D eigenvalue weighted by Crippen LogP contribution is 2.27. The molecule has 4 rings (SSSR count). The van der Waals surface area contributed by atoms with Crippen LogP contribution in [0.4, 0.5) is 0 Å². The number of amides is 1. The molecule has 29 heavy (non-hydrogen) atoms. The minimum Gasteiger partial charge on any atom is -0.490 e. The van der Waals surface area contributed by atoms with Crippen LogP contribution in [0, 0.1) is 0 Å². The van der Waals surface area contributed by atoms with Crippen molar-refractivity contribution in [1.82, 2.24) is 9.88 Å². The maximum Gasteiger partial charge on any atom is 0.222 e. The van der Waals surface area contributed by atoms with Crippen LogP contribution in [0.2, 0.25) is 0 Å². The van der Waals surface area contributed by atoms with E-state index in [1.807, 2.05) is 54.5 Å². The van der Waals surface area contributed by atoms with Crippen LogP contribution in [0.15, 0.2) is 73.1 Å². The number of carbonyl (C=O) groups is 1. The van der Waals surface area contributed by atoms with Crippen molar-refractivity contribution in [1.29, 1.82) is 0 Å². The van der Waals surface area contributed by atoms with Gasteiger partial charge in [-0.1, -0.05) is 49.4 Å². The van der Waals surface area contributed by atoms with E-state index in [0.717, 1.165) is 53.9 Å². The highest BCUT2D eigenvalue weighted by Gasteiger charge is 2.22. The van der Waals surface area contributed by atoms with Crippen LogP contribution >= 0.6 is 0 Å². The van der Waals surface area contributed by atoms with E-state index in [-0.39, 0.29) is 12.0 Å². The molecule has 1 aliphatic heterocycles. The first kappa shape index (κ1) is 19.2. The molecule has 4 nitrogen and oxygen atoms in total. The standard InChI is InChI=1S/C25H26N2O2/c1-2-25(28)27-14-12-24(13-15-27)29-23-10-8-20(9-11-23)22-16-21(17-26-18-22)19-6-4-3-5-7-19/h3-11,16-18,24H,2,12-15H2,1H3. The largest absolute Gasteiger partial charge is 0.490 e. The zero-order chi connectivity index (χ0) is 20.1. The number of pyridine rings is 1. The van der Waals surface area contributed by atoms with Gasteiger partial charge in [-0.05, 0) is 29.3 Å². The van der Waals surface area contributed by atoms with Crippen LogP contribution in [-0.2, 0) is 4.79 Å². The van der Waals surface area contributed by atoms with Crippen molar-refractivity contribution in [2.45, 2.75) is 32.3 Å². The summed E-state index contributed by atoms with van der Waals surface area (Å²) in [7, 11) is 0. The van der Waals surface area contributed by atoms with E-state index in [4.69, 9.17) is 4.74 Å². The third-order valence-electron chi connectivity index (χ3n) is 5.43. The van der Waals surface area contributed by atoms with Crippen molar-refractivity contribution in [3.63, 3.8) is 0 Å². The molecule has 148 valence electrons. The van der Waals surface area contributed by atoms with Crippen molar-refractivity contribution in [3.05, 3.63) is 73.1 Å². The van der Waals surface area contributed by atoms with Gasteiger partial charge < -0.3 is 9.64 Å². The predicted molar refractivity (Wildman–Crippen MR) is 116 cm³/mol. The van der Waals surface area contributed by atoms with Crippen LogP contribution in [0.3, 0.4) is 0 Å². The number of likely N-dealkylation sites (tertiary alicyclic amines) is 1. The number of hydrogen-bond acceptors (Lipinski definition) is 3. The Kier molecular flexibility index (Phi) is 5.89. The molecular formula is C25H26N2O2. The van der Waals surface area contributed by atoms with Crippen molar-refractivity contribution in [3.8, 4) is 28.0 Å². The molecule has 3 aromatic rings. The SMILES string of the molecule is CCC(=O)N1CCC(Oc2ccc(-c3cncc(-c4ccccc4)c3)cc2)CC1. The molecule has 1 amide bonds. The average molecular weight is 386 g/mol. The summed E-state index contributed by atoms with van der Waals surface area (Å²) in [6.07, 6.45) is 6.31. The highest BCUT2D eigenvalue weighted by molar-refractivity contribution is 5.76. The van der Waals surface area contributed by atoms with Gasteiger partial charge in [-0.3, -0.25) is 9.78 Å². The molecule has 1 saturated heterocycles. The maximum absolute atomic E-state index is 11.8. The van der Waals surface area contributed by atoms with Crippen LogP contribution in [0.25, 0.3) is 22.3 Å². The lowest BCUT2D eigenvalue weighted by molar-refractivity contribution is -0.132. The van der Waals surface area contributed by atoms with Crippen LogP contribution in [0.1, 0.15) is 26.2 Å². The molecule has 0 radical (unpaired) electrons. The third kappa shape index (κ3) is 4.65. The first-order chi connectivity index (χ1) is 14.2. The van der Waals surface area contributed by atoms with E-state index in [1.54, 1.807) is 0 Å². The molecule has 0 atom stereocenters. The minimum absolute atomic E-state index is 0.171. The Balaban J connectivity index is 1.41. The molecule has 0 aliphatic carbocycles. The van der Waals surface area contributed by atoms with E-state index >= 15 is 0 Å². The van der Waals surface area contributed by atoms with Crippen molar-refractivity contribution >= 4 is 5.91 Å². The van der Waals surface area contributed by atoms with Gasteiger partial charge in [-0.2, -0.15) is 0 Å². The number of rotatable bonds is 5. The minimum atomic E-state index is 0.171.